The van der Waals surface area contributed by atoms with Gasteiger partial charge >= 0.3 is 0 Å². The van der Waals surface area contributed by atoms with E-state index in [2.05, 4.69) is 27.2 Å². The number of anilines is 1. The minimum Gasteiger partial charge on any atom is -0.355 e. The molecule has 0 unspecified atom stereocenters. The van der Waals surface area contributed by atoms with Gasteiger partial charge in [-0.25, -0.2) is 0 Å². The summed E-state index contributed by atoms with van der Waals surface area (Å²) in [5.74, 6) is 0.943. The Morgan fingerprint density at radius 3 is 3.18 bits per heavy atom. The molecule has 3 aromatic rings. The van der Waals surface area contributed by atoms with Crippen LogP contribution in [0.5, 0.6) is 0 Å². The molecule has 0 spiro atoms. The normalized spacial score (nSPS) is 10.5. The molecule has 6 nitrogen and oxygen atoms in total. The molecule has 0 aliphatic carbocycles. The minimum atomic E-state index is -0.372. The Kier molecular flexibility index (Phi) is 4.66. The number of thioether (sulfide) groups is 1. The SMILES string of the molecule is C=CCSc1nnc(NC(=O)c2cc(-c3cccs3)on2)s1. The van der Waals surface area contributed by atoms with Gasteiger partial charge in [-0.05, 0) is 11.4 Å². The molecule has 3 heterocycles. The van der Waals surface area contributed by atoms with E-state index in [1.54, 1.807) is 12.1 Å². The average molecular weight is 350 g/mol. The smallest absolute Gasteiger partial charge is 0.279 e. The Balaban J connectivity index is 1.67. The van der Waals surface area contributed by atoms with Gasteiger partial charge in [0, 0.05) is 11.8 Å². The largest absolute Gasteiger partial charge is 0.355 e. The van der Waals surface area contributed by atoms with Crippen LogP contribution < -0.4 is 5.32 Å². The first-order valence-electron chi connectivity index (χ1n) is 6.15. The third-order valence-corrected chi connectivity index (χ3v) is 5.31. The third kappa shape index (κ3) is 3.43. The molecule has 112 valence electrons. The molecule has 1 amide bonds. The molecule has 1 N–H and O–H groups in total. The second-order valence-corrected chi connectivity index (χ2v) is 7.17. The van der Waals surface area contributed by atoms with Crippen molar-refractivity contribution in [1.29, 1.82) is 0 Å². The van der Waals surface area contributed by atoms with Crippen LogP contribution in [0.2, 0.25) is 0 Å². The van der Waals surface area contributed by atoms with E-state index < -0.39 is 0 Å². The second-order valence-electron chi connectivity index (χ2n) is 3.98. The van der Waals surface area contributed by atoms with Crippen molar-refractivity contribution < 1.29 is 9.32 Å². The maximum Gasteiger partial charge on any atom is 0.279 e. The van der Waals surface area contributed by atoms with Crippen LogP contribution >= 0.6 is 34.4 Å². The zero-order valence-corrected chi connectivity index (χ0v) is 13.6. The zero-order chi connectivity index (χ0) is 15.4. The van der Waals surface area contributed by atoms with Gasteiger partial charge in [0.1, 0.15) is 0 Å². The molecular formula is C13H10N4O2S3. The van der Waals surface area contributed by atoms with E-state index in [0.29, 0.717) is 10.9 Å². The first-order chi connectivity index (χ1) is 10.8. The van der Waals surface area contributed by atoms with Crippen LogP contribution in [-0.4, -0.2) is 27.0 Å². The zero-order valence-electron chi connectivity index (χ0n) is 11.2. The van der Waals surface area contributed by atoms with Gasteiger partial charge in [-0.3, -0.25) is 10.1 Å². The summed E-state index contributed by atoms with van der Waals surface area (Å²) >= 11 is 4.33. The first kappa shape index (κ1) is 14.9. The fourth-order valence-electron chi connectivity index (χ4n) is 1.53. The van der Waals surface area contributed by atoms with E-state index in [9.17, 15) is 4.79 Å². The standard InChI is InChI=1S/C13H10N4O2S3/c1-2-5-21-13-16-15-12(22-13)14-11(18)8-7-9(19-17-8)10-4-3-6-20-10/h2-4,6-7H,1,5H2,(H,14,15,18). The van der Waals surface area contributed by atoms with Gasteiger partial charge in [-0.1, -0.05) is 40.4 Å². The van der Waals surface area contributed by atoms with Crippen LogP contribution in [-0.2, 0) is 0 Å². The van der Waals surface area contributed by atoms with Gasteiger partial charge in [-0.15, -0.1) is 28.1 Å². The molecule has 0 saturated carbocycles. The Labute approximate surface area is 138 Å². The molecule has 0 radical (unpaired) electrons. The summed E-state index contributed by atoms with van der Waals surface area (Å²) in [4.78, 5) is 13.0. The van der Waals surface area contributed by atoms with Crippen molar-refractivity contribution in [3.63, 3.8) is 0 Å². The number of hydrogen-bond donors (Lipinski definition) is 1. The second kappa shape index (κ2) is 6.86. The molecule has 0 fully saturated rings. The minimum absolute atomic E-state index is 0.207. The number of amides is 1. The molecule has 0 aromatic carbocycles. The Bertz CT molecular complexity index is 779. The first-order valence-corrected chi connectivity index (χ1v) is 8.83. The lowest BCUT2D eigenvalue weighted by molar-refractivity contribution is 0.101. The van der Waals surface area contributed by atoms with Gasteiger partial charge in [0.25, 0.3) is 5.91 Å². The summed E-state index contributed by atoms with van der Waals surface area (Å²) in [5.41, 5.74) is 0.207. The maximum atomic E-state index is 12.1. The highest BCUT2D eigenvalue weighted by molar-refractivity contribution is 8.01. The van der Waals surface area contributed by atoms with Crippen LogP contribution in [0.4, 0.5) is 5.13 Å². The summed E-state index contributed by atoms with van der Waals surface area (Å²) in [5, 5.41) is 16.7. The predicted molar refractivity (Wildman–Crippen MR) is 88.6 cm³/mol. The van der Waals surface area contributed by atoms with Crippen molar-refractivity contribution in [3.05, 3.63) is 41.9 Å². The van der Waals surface area contributed by atoms with E-state index in [1.807, 2.05) is 17.5 Å². The lowest BCUT2D eigenvalue weighted by Crippen LogP contribution is -2.11. The molecule has 0 atom stereocenters. The fraction of sp³-hybridized carbons (Fsp3) is 0.0769. The summed E-state index contributed by atoms with van der Waals surface area (Å²) in [6.07, 6.45) is 1.78. The van der Waals surface area contributed by atoms with Crippen LogP contribution in [0.3, 0.4) is 0 Å². The molecule has 0 saturated heterocycles. The summed E-state index contributed by atoms with van der Waals surface area (Å²) < 4.78 is 5.95. The summed E-state index contributed by atoms with van der Waals surface area (Å²) in [6.45, 7) is 3.64. The van der Waals surface area contributed by atoms with E-state index in [0.717, 1.165) is 15.0 Å². The van der Waals surface area contributed by atoms with E-state index in [-0.39, 0.29) is 11.6 Å². The molecule has 0 aliphatic rings. The molecule has 22 heavy (non-hydrogen) atoms. The Hall–Kier alpha value is -1.97. The number of carbonyl (C=O) groups is 1. The number of thiophene rings is 1. The number of nitrogens with zero attached hydrogens (tertiary/aromatic N) is 3. The van der Waals surface area contributed by atoms with Crippen molar-refractivity contribution in [2.45, 2.75) is 4.34 Å². The number of carbonyl (C=O) groups excluding carboxylic acids is 1. The molecule has 3 aromatic heterocycles. The number of aromatic nitrogens is 3. The van der Waals surface area contributed by atoms with Crippen molar-refractivity contribution in [3.8, 4) is 10.6 Å². The van der Waals surface area contributed by atoms with Gasteiger partial charge in [0.2, 0.25) is 5.13 Å². The molecular weight excluding hydrogens is 340 g/mol. The summed E-state index contributed by atoms with van der Waals surface area (Å²) in [7, 11) is 0. The number of hydrogen-bond acceptors (Lipinski definition) is 8. The monoisotopic (exact) mass is 350 g/mol. The Morgan fingerprint density at radius 1 is 1.50 bits per heavy atom. The average Bonchev–Trinajstić information content (AvgIpc) is 3.25. The van der Waals surface area contributed by atoms with Crippen molar-refractivity contribution in [2.75, 3.05) is 11.1 Å². The highest BCUT2D eigenvalue weighted by Gasteiger charge is 2.16. The van der Waals surface area contributed by atoms with Crippen molar-refractivity contribution >= 4 is 45.5 Å². The maximum absolute atomic E-state index is 12.1. The summed E-state index contributed by atoms with van der Waals surface area (Å²) in [6, 6.07) is 5.42. The quantitative estimate of drug-likeness (QED) is 0.414. The highest BCUT2D eigenvalue weighted by atomic mass is 32.2. The van der Waals surface area contributed by atoms with Crippen LogP contribution in [0.1, 0.15) is 10.5 Å². The molecule has 9 heteroatoms. The lowest BCUT2D eigenvalue weighted by Gasteiger charge is -1.94. The third-order valence-electron chi connectivity index (χ3n) is 2.46. The number of nitrogens with one attached hydrogen (secondary N) is 1. The molecule has 3 rings (SSSR count). The van der Waals surface area contributed by atoms with E-state index in [4.69, 9.17) is 4.52 Å². The topological polar surface area (TPSA) is 80.9 Å². The van der Waals surface area contributed by atoms with Crippen LogP contribution in [0, 0.1) is 0 Å². The predicted octanol–water partition coefficient (Wildman–Crippen LogP) is 3.79. The van der Waals surface area contributed by atoms with Gasteiger partial charge in [0.05, 0.1) is 4.88 Å². The van der Waals surface area contributed by atoms with Gasteiger partial charge in [0.15, 0.2) is 15.8 Å². The highest BCUT2D eigenvalue weighted by Crippen LogP contribution is 2.27. The van der Waals surface area contributed by atoms with Gasteiger partial charge < -0.3 is 4.52 Å². The molecule has 0 aliphatic heterocycles. The van der Waals surface area contributed by atoms with Crippen LogP contribution in [0.25, 0.3) is 10.6 Å². The number of rotatable bonds is 6. The van der Waals surface area contributed by atoms with E-state index >= 15 is 0 Å². The Morgan fingerprint density at radius 2 is 2.41 bits per heavy atom. The van der Waals surface area contributed by atoms with Crippen LogP contribution in [0.15, 0.2) is 45.1 Å². The van der Waals surface area contributed by atoms with Crippen molar-refractivity contribution in [2.24, 2.45) is 0 Å². The van der Waals surface area contributed by atoms with E-state index in [1.165, 1.54) is 34.4 Å². The lowest BCUT2D eigenvalue weighted by atomic mass is 10.3. The molecule has 0 bridgehead atoms. The van der Waals surface area contributed by atoms with Gasteiger partial charge in [-0.2, -0.15) is 0 Å². The fourth-order valence-corrected chi connectivity index (χ4v) is 3.71. The van der Waals surface area contributed by atoms with Crippen molar-refractivity contribution in [1.82, 2.24) is 15.4 Å².